The lowest BCUT2D eigenvalue weighted by Crippen LogP contribution is -2.10. The lowest BCUT2D eigenvalue weighted by atomic mass is 10.1. The van der Waals surface area contributed by atoms with Crippen molar-refractivity contribution in [3.63, 3.8) is 0 Å². The first kappa shape index (κ1) is 17.8. The second-order valence-electron chi connectivity index (χ2n) is 5.28. The first-order valence-corrected chi connectivity index (χ1v) is 8.35. The van der Waals surface area contributed by atoms with Gasteiger partial charge in [-0.1, -0.05) is 36.0 Å². The third kappa shape index (κ3) is 3.62. The van der Waals surface area contributed by atoms with Gasteiger partial charge in [-0.2, -0.15) is 0 Å². The molecular weight excluding hydrogens is 357 g/mol. The number of aliphatic hydroxyl groups excluding tert-OH is 1. The molecule has 2 aromatic carbocycles. The van der Waals surface area contributed by atoms with E-state index in [0.29, 0.717) is 16.2 Å². The Bertz CT molecular complexity index is 966. The van der Waals surface area contributed by atoms with Crippen molar-refractivity contribution in [2.24, 2.45) is 4.99 Å². The number of nitrogens with zero attached hydrogens (tertiary/aromatic N) is 1. The topological polar surface area (TPSA) is 79.1 Å². The minimum atomic E-state index is -0.758. The van der Waals surface area contributed by atoms with Crippen molar-refractivity contribution >= 4 is 34.5 Å². The minimum Gasteiger partial charge on any atom is -0.507 e. The van der Waals surface area contributed by atoms with Crippen molar-refractivity contribution < 1.29 is 24.1 Å². The maximum absolute atomic E-state index is 13.4. The molecule has 2 aromatic rings. The Hall–Kier alpha value is -3.06. The van der Waals surface area contributed by atoms with E-state index in [1.165, 1.54) is 37.5 Å². The van der Waals surface area contributed by atoms with Crippen LogP contribution in [0.3, 0.4) is 0 Å². The van der Waals surface area contributed by atoms with Crippen molar-refractivity contribution in [2.75, 3.05) is 7.11 Å². The van der Waals surface area contributed by atoms with Gasteiger partial charge in [0.15, 0.2) is 0 Å². The summed E-state index contributed by atoms with van der Waals surface area (Å²) in [6.45, 7) is 0. The lowest BCUT2D eigenvalue weighted by Gasteiger charge is -2.02. The van der Waals surface area contributed by atoms with Gasteiger partial charge in [0.2, 0.25) is 0 Å². The number of carbonyl (C=O) groups excluding carboxylic acids is 1. The highest BCUT2D eigenvalue weighted by Crippen LogP contribution is 2.40. The average Bonchev–Trinajstić information content (AvgIpc) is 2.91. The SMILES string of the molecule is COC(=O)C1=C(O)/C(=C\c2ccccc2O)SC1=Nc1cccc(F)c1. The molecule has 1 heterocycles. The summed E-state index contributed by atoms with van der Waals surface area (Å²) < 4.78 is 18.1. The summed E-state index contributed by atoms with van der Waals surface area (Å²) in [5.41, 5.74) is 0.659. The number of ether oxygens (including phenoxy) is 1. The van der Waals surface area contributed by atoms with Crippen molar-refractivity contribution in [3.8, 4) is 5.75 Å². The molecule has 0 saturated carbocycles. The summed E-state index contributed by atoms with van der Waals surface area (Å²) in [7, 11) is 1.19. The smallest absolute Gasteiger partial charge is 0.344 e. The first-order valence-electron chi connectivity index (χ1n) is 7.53. The predicted molar refractivity (Wildman–Crippen MR) is 98.8 cm³/mol. The molecule has 5 nitrogen and oxygen atoms in total. The van der Waals surface area contributed by atoms with Crippen molar-refractivity contribution in [3.05, 3.63) is 76.1 Å². The number of hydrogen-bond donors (Lipinski definition) is 2. The van der Waals surface area contributed by atoms with E-state index in [2.05, 4.69) is 4.99 Å². The Labute approximate surface area is 153 Å². The van der Waals surface area contributed by atoms with Gasteiger partial charge in [-0.25, -0.2) is 14.2 Å². The zero-order chi connectivity index (χ0) is 18.7. The van der Waals surface area contributed by atoms with Crippen molar-refractivity contribution in [1.82, 2.24) is 0 Å². The average molecular weight is 371 g/mol. The van der Waals surface area contributed by atoms with Crippen LogP contribution in [-0.2, 0) is 9.53 Å². The molecule has 1 aliphatic heterocycles. The van der Waals surface area contributed by atoms with Gasteiger partial charge in [-0.05, 0) is 30.3 Å². The number of phenolic OH excluding ortho intramolecular Hbond substituents is 1. The van der Waals surface area contributed by atoms with E-state index in [4.69, 9.17) is 4.74 Å². The number of benzene rings is 2. The highest BCUT2D eigenvalue weighted by atomic mass is 32.2. The molecule has 2 N–H and O–H groups in total. The highest BCUT2D eigenvalue weighted by molar-refractivity contribution is 8.18. The summed E-state index contributed by atoms with van der Waals surface area (Å²) in [5.74, 6) is -1.50. The summed E-state index contributed by atoms with van der Waals surface area (Å²) in [4.78, 5) is 16.6. The predicted octanol–water partition coefficient (Wildman–Crippen LogP) is 4.33. The molecule has 0 saturated heterocycles. The van der Waals surface area contributed by atoms with E-state index in [1.54, 1.807) is 24.3 Å². The fraction of sp³-hybridized carbons (Fsp3) is 0.0526. The van der Waals surface area contributed by atoms with E-state index >= 15 is 0 Å². The number of aromatic hydroxyl groups is 1. The van der Waals surface area contributed by atoms with E-state index in [1.807, 2.05) is 0 Å². The van der Waals surface area contributed by atoms with Crippen LogP contribution in [0, 0.1) is 5.82 Å². The van der Waals surface area contributed by atoms with Crippen LogP contribution in [0.2, 0.25) is 0 Å². The number of aliphatic imine (C=N–C) groups is 1. The molecule has 0 unspecified atom stereocenters. The summed E-state index contributed by atoms with van der Waals surface area (Å²) in [6, 6.07) is 12.1. The largest absolute Gasteiger partial charge is 0.507 e. The molecule has 26 heavy (non-hydrogen) atoms. The standard InChI is InChI=1S/C19H14FNO4S/c1-25-19(24)16-17(23)15(9-11-5-2-3-8-14(11)22)26-18(16)21-13-7-4-6-12(20)10-13/h2-10,22-23H,1H3/b15-9+,21-18?. The number of para-hydroxylation sites is 1. The van der Waals surface area contributed by atoms with E-state index < -0.39 is 11.8 Å². The summed E-state index contributed by atoms with van der Waals surface area (Å²) >= 11 is 1.03. The van der Waals surface area contributed by atoms with Crippen LogP contribution in [0.5, 0.6) is 5.75 Å². The van der Waals surface area contributed by atoms with Gasteiger partial charge in [-0.3, -0.25) is 0 Å². The highest BCUT2D eigenvalue weighted by Gasteiger charge is 2.33. The van der Waals surface area contributed by atoms with Gasteiger partial charge in [0.05, 0.1) is 17.7 Å². The van der Waals surface area contributed by atoms with Gasteiger partial charge in [-0.15, -0.1) is 0 Å². The zero-order valence-corrected chi connectivity index (χ0v) is 14.5. The number of thioether (sulfide) groups is 1. The molecule has 3 rings (SSSR count). The van der Waals surface area contributed by atoms with Gasteiger partial charge in [0.25, 0.3) is 0 Å². The lowest BCUT2D eigenvalue weighted by molar-refractivity contribution is -0.135. The van der Waals surface area contributed by atoms with Crippen LogP contribution in [0.1, 0.15) is 5.56 Å². The van der Waals surface area contributed by atoms with Crippen LogP contribution in [0.15, 0.2) is 69.8 Å². The maximum atomic E-state index is 13.4. The fourth-order valence-corrected chi connectivity index (χ4v) is 3.33. The van der Waals surface area contributed by atoms with Gasteiger partial charge < -0.3 is 14.9 Å². The molecule has 0 aromatic heterocycles. The third-order valence-corrected chi connectivity index (χ3v) is 4.56. The molecule has 0 aliphatic carbocycles. The fourth-order valence-electron chi connectivity index (χ4n) is 2.30. The Morgan fingerprint density at radius 2 is 1.96 bits per heavy atom. The molecule has 0 amide bonds. The summed E-state index contributed by atoms with van der Waals surface area (Å²) in [6.07, 6.45) is 1.53. The number of phenols is 1. The number of carbonyl (C=O) groups is 1. The van der Waals surface area contributed by atoms with E-state index in [0.717, 1.165) is 11.8 Å². The number of methoxy groups -OCH3 is 1. The molecule has 0 bridgehead atoms. The molecule has 1 aliphatic rings. The molecule has 7 heteroatoms. The monoisotopic (exact) mass is 371 g/mol. The van der Waals surface area contributed by atoms with Crippen LogP contribution < -0.4 is 0 Å². The van der Waals surface area contributed by atoms with Gasteiger partial charge in [0.1, 0.15) is 27.9 Å². The van der Waals surface area contributed by atoms with Crippen molar-refractivity contribution in [1.29, 1.82) is 0 Å². The van der Waals surface area contributed by atoms with Gasteiger partial charge in [0, 0.05) is 5.56 Å². The number of halogens is 1. The first-order chi connectivity index (χ1) is 12.5. The number of rotatable bonds is 3. The van der Waals surface area contributed by atoms with E-state index in [-0.39, 0.29) is 22.1 Å². The van der Waals surface area contributed by atoms with Crippen LogP contribution in [0.25, 0.3) is 6.08 Å². The number of esters is 1. The molecule has 0 radical (unpaired) electrons. The Morgan fingerprint density at radius 1 is 1.19 bits per heavy atom. The Kier molecular flexibility index (Phi) is 5.09. The second-order valence-corrected chi connectivity index (χ2v) is 6.31. The molecular formula is C19H14FNO4S. The molecule has 132 valence electrons. The second kappa shape index (κ2) is 7.45. The quantitative estimate of drug-likeness (QED) is 0.785. The molecule has 0 atom stereocenters. The Balaban J connectivity index is 2.07. The van der Waals surface area contributed by atoms with Crippen LogP contribution in [-0.4, -0.2) is 28.3 Å². The van der Waals surface area contributed by atoms with Crippen LogP contribution >= 0.6 is 11.8 Å². The zero-order valence-electron chi connectivity index (χ0n) is 13.6. The Morgan fingerprint density at radius 3 is 2.65 bits per heavy atom. The van der Waals surface area contributed by atoms with Crippen LogP contribution in [0.4, 0.5) is 10.1 Å². The molecule has 0 fully saturated rings. The third-order valence-electron chi connectivity index (χ3n) is 3.54. The normalized spacial score (nSPS) is 17.2. The minimum absolute atomic E-state index is 0.0311. The van der Waals surface area contributed by atoms with Gasteiger partial charge >= 0.3 is 5.97 Å². The number of hydrogen-bond acceptors (Lipinski definition) is 6. The summed E-state index contributed by atoms with van der Waals surface area (Å²) in [5, 5.41) is 20.5. The van der Waals surface area contributed by atoms with Crippen molar-refractivity contribution in [2.45, 2.75) is 0 Å². The number of aliphatic hydroxyl groups is 1. The molecule has 0 spiro atoms. The van der Waals surface area contributed by atoms with E-state index in [9.17, 15) is 19.4 Å². The maximum Gasteiger partial charge on any atom is 0.344 e.